The van der Waals surface area contributed by atoms with Gasteiger partial charge in [0, 0.05) is 51.9 Å². The molecule has 150 valence electrons. The maximum atomic E-state index is 10.9. The van der Waals surface area contributed by atoms with Crippen molar-refractivity contribution in [3.63, 3.8) is 0 Å². The monoisotopic (exact) mass is 373 g/mol. The molecule has 1 N–H and O–H groups in total. The van der Waals surface area contributed by atoms with E-state index in [4.69, 9.17) is 0 Å². The highest BCUT2D eigenvalue weighted by atomic mass is 16.3. The number of aliphatic hydroxyl groups is 1. The van der Waals surface area contributed by atoms with Crippen LogP contribution in [0.1, 0.15) is 57.8 Å². The van der Waals surface area contributed by atoms with Crippen LogP contribution in [-0.2, 0) is 0 Å². The molecule has 0 aromatic carbocycles. The fourth-order valence-corrected chi connectivity index (χ4v) is 4.89. The van der Waals surface area contributed by atoms with Crippen LogP contribution in [0, 0.1) is 0 Å². The van der Waals surface area contributed by atoms with Crippen LogP contribution in [0.15, 0.2) is 12.4 Å². The lowest BCUT2D eigenvalue weighted by Gasteiger charge is -2.43. The lowest BCUT2D eigenvalue weighted by Crippen LogP contribution is -2.51. The molecule has 2 aliphatic carbocycles. The highest BCUT2D eigenvalue weighted by Crippen LogP contribution is 2.36. The zero-order chi connectivity index (χ0) is 18.9. The van der Waals surface area contributed by atoms with E-state index in [0.29, 0.717) is 12.1 Å². The largest absolute Gasteiger partial charge is 0.389 e. The maximum absolute atomic E-state index is 10.9. The highest BCUT2D eigenvalue weighted by Gasteiger charge is 2.38. The van der Waals surface area contributed by atoms with Gasteiger partial charge in [-0.2, -0.15) is 0 Å². The van der Waals surface area contributed by atoms with E-state index in [1.54, 1.807) is 6.33 Å². The molecule has 0 unspecified atom stereocenters. The molecular weight excluding hydrogens is 338 g/mol. The van der Waals surface area contributed by atoms with Crippen molar-refractivity contribution in [2.24, 2.45) is 0 Å². The minimum Gasteiger partial charge on any atom is -0.389 e. The number of likely N-dealkylation sites (tertiary alicyclic amines) is 1. The Labute approximate surface area is 163 Å². The number of piperidine rings is 1. The maximum Gasteiger partial charge on any atom is 0.134 e. The normalized spacial score (nSPS) is 24.0. The third-order valence-electron chi connectivity index (χ3n) is 6.55. The molecule has 1 aliphatic heterocycles. The van der Waals surface area contributed by atoms with Crippen molar-refractivity contribution in [2.75, 3.05) is 43.5 Å². The third kappa shape index (κ3) is 4.54. The number of rotatable bonds is 6. The lowest BCUT2D eigenvalue weighted by atomic mass is 9.84. The molecule has 2 saturated carbocycles. The summed E-state index contributed by atoms with van der Waals surface area (Å²) in [5.74, 6) is 2.06. The van der Waals surface area contributed by atoms with Crippen LogP contribution in [0.2, 0.25) is 0 Å². The first-order valence-corrected chi connectivity index (χ1v) is 10.8. The minimum absolute atomic E-state index is 0.436. The summed E-state index contributed by atoms with van der Waals surface area (Å²) >= 11 is 0. The lowest BCUT2D eigenvalue weighted by molar-refractivity contribution is -0.0307. The Morgan fingerprint density at radius 1 is 1.00 bits per heavy atom. The van der Waals surface area contributed by atoms with Crippen LogP contribution < -0.4 is 9.80 Å². The van der Waals surface area contributed by atoms with Crippen LogP contribution >= 0.6 is 0 Å². The molecule has 0 bridgehead atoms. The number of nitrogens with zero attached hydrogens (tertiary/aromatic N) is 5. The van der Waals surface area contributed by atoms with Gasteiger partial charge in [-0.05, 0) is 38.5 Å². The molecule has 3 fully saturated rings. The van der Waals surface area contributed by atoms with E-state index in [9.17, 15) is 5.11 Å². The summed E-state index contributed by atoms with van der Waals surface area (Å²) in [5.41, 5.74) is -0.436. The second-order valence-corrected chi connectivity index (χ2v) is 9.06. The van der Waals surface area contributed by atoms with Gasteiger partial charge in [-0.25, -0.2) is 9.97 Å². The van der Waals surface area contributed by atoms with Crippen molar-refractivity contribution < 1.29 is 5.11 Å². The van der Waals surface area contributed by atoms with Gasteiger partial charge in [-0.1, -0.05) is 19.3 Å². The summed E-state index contributed by atoms with van der Waals surface area (Å²) in [6, 6.07) is 3.34. The molecule has 4 rings (SSSR count). The number of hydrogen-bond donors (Lipinski definition) is 1. The first-order chi connectivity index (χ1) is 13.0. The molecule has 6 nitrogen and oxygen atoms in total. The number of aromatic nitrogens is 2. The molecule has 0 amide bonds. The molecule has 0 atom stereocenters. The Bertz CT molecular complexity index is 619. The van der Waals surface area contributed by atoms with E-state index in [-0.39, 0.29) is 0 Å². The van der Waals surface area contributed by atoms with E-state index >= 15 is 0 Å². The van der Waals surface area contributed by atoms with Crippen LogP contribution in [0.5, 0.6) is 0 Å². The summed E-state index contributed by atoms with van der Waals surface area (Å²) in [4.78, 5) is 16.1. The summed E-state index contributed by atoms with van der Waals surface area (Å²) < 4.78 is 0. The molecule has 0 spiro atoms. The fourth-order valence-electron chi connectivity index (χ4n) is 4.89. The van der Waals surface area contributed by atoms with E-state index in [1.165, 1.54) is 32.1 Å². The molecule has 1 saturated heterocycles. The fraction of sp³-hybridized carbons (Fsp3) is 0.810. The summed E-state index contributed by atoms with van der Waals surface area (Å²) in [6.45, 7) is 3.03. The van der Waals surface area contributed by atoms with Gasteiger partial charge in [0.25, 0.3) is 0 Å². The minimum atomic E-state index is -0.436. The van der Waals surface area contributed by atoms with Crippen molar-refractivity contribution in [3.8, 4) is 0 Å². The number of anilines is 2. The molecule has 1 aromatic heterocycles. The van der Waals surface area contributed by atoms with Crippen molar-refractivity contribution in [2.45, 2.75) is 75.5 Å². The predicted molar refractivity (Wildman–Crippen MR) is 109 cm³/mol. The Morgan fingerprint density at radius 3 is 2.26 bits per heavy atom. The van der Waals surface area contributed by atoms with Crippen molar-refractivity contribution in [1.29, 1.82) is 0 Å². The Morgan fingerprint density at radius 2 is 1.63 bits per heavy atom. The summed E-state index contributed by atoms with van der Waals surface area (Å²) in [7, 11) is 4.06. The third-order valence-corrected chi connectivity index (χ3v) is 6.55. The van der Waals surface area contributed by atoms with Gasteiger partial charge >= 0.3 is 0 Å². The van der Waals surface area contributed by atoms with Crippen LogP contribution in [0.25, 0.3) is 0 Å². The van der Waals surface area contributed by atoms with Gasteiger partial charge in [0.15, 0.2) is 0 Å². The van der Waals surface area contributed by atoms with E-state index in [1.807, 2.05) is 19.0 Å². The average molecular weight is 374 g/mol. The Hall–Kier alpha value is -1.40. The smallest absolute Gasteiger partial charge is 0.134 e. The van der Waals surface area contributed by atoms with Gasteiger partial charge in [-0.15, -0.1) is 0 Å². The first kappa shape index (κ1) is 18.9. The van der Waals surface area contributed by atoms with Gasteiger partial charge in [0.05, 0.1) is 5.60 Å². The molecule has 2 heterocycles. The first-order valence-electron chi connectivity index (χ1n) is 10.8. The summed E-state index contributed by atoms with van der Waals surface area (Å²) in [6.07, 6.45) is 12.2. The number of β-amino-alcohol motifs (C(OH)–C–C–N with tert-alkyl or cyclic N) is 1. The molecule has 3 aliphatic rings. The van der Waals surface area contributed by atoms with Gasteiger partial charge < -0.3 is 19.8 Å². The highest BCUT2D eigenvalue weighted by molar-refractivity contribution is 5.51. The van der Waals surface area contributed by atoms with E-state index in [0.717, 1.165) is 57.0 Å². The van der Waals surface area contributed by atoms with Gasteiger partial charge in [-0.3, -0.25) is 0 Å². The Kier molecular flexibility index (Phi) is 5.55. The van der Waals surface area contributed by atoms with Crippen LogP contribution in [-0.4, -0.2) is 71.4 Å². The summed E-state index contributed by atoms with van der Waals surface area (Å²) in [5, 5.41) is 10.9. The van der Waals surface area contributed by atoms with Crippen molar-refractivity contribution in [1.82, 2.24) is 14.9 Å². The predicted octanol–water partition coefficient (Wildman–Crippen LogP) is 2.67. The van der Waals surface area contributed by atoms with E-state index in [2.05, 4.69) is 25.8 Å². The molecule has 0 radical (unpaired) electrons. The number of hydrogen-bond acceptors (Lipinski definition) is 6. The van der Waals surface area contributed by atoms with Crippen molar-refractivity contribution >= 4 is 11.6 Å². The molecule has 6 heteroatoms. The molecule has 1 aromatic rings. The standard InChI is InChI=1S/C21H35N5O/c1-24(2)19-14-20(23-16-22-19)26(17-6-7-17)18-8-12-25(13-9-18)15-21(27)10-4-3-5-11-21/h14,16-18,27H,3-13,15H2,1-2H3. The Balaban J connectivity index is 1.39. The van der Waals surface area contributed by atoms with E-state index < -0.39 is 5.60 Å². The topological polar surface area (TPSA) is 55.7 Å². The van der Waals surface area contributed by atoms with Crippen molar-refractivity contribution in [3.05, 3.63) is 12.4 Å². The van der Waals surface area contributed by atoms with Crippen LogP contribution in [0.3, 0.4) is 0 Å². The van der Waals surface area contributed by atoms with Crippen LogP contribution in [0.4, 0.5) is 11.6 Å². The second-order valence-electron chi connectivity index (χ2n) is 9.06. The molecule has 27 heavy (non-hydrogen) atoms. The SMILES string of the molecule is CN(C)c1cc(N(C2CC2)C2CCN(CC3(O)CCCCC3)CC2)ncn1. The zero-order valence-electron chi connectivity index (χ0n) is 17.0. The van der Waals surface area contributed by atoms with Gasteiger partial charge in [0.2, 0.25) is 0 Å². The van der Waals surface area contributed by atoms with Gasteiger partial charge in [0.1, 0.15) is 18.0 Å². The average Bonchev–Trinajstić information content (AvgIpc) is 3.49. The quantitative estimate of drug-likeness (QED) is 0.827. The second kappa shape index (κ2) is 7.92. The zero-order valence-corrected chi connectivity index (χ0v) is 17.0. The molecular formula is C21H35N5O.